The lowest BCUT2D eigenvalue weighted by Crippen LogP contribution is -2.53. The van der Waals surface area contributed by atoms with E-state index in [4.69, 9.17) is 0 Å². The third-order valence-electron chi connectivity index (χ3n) is 5.28. The van der Waals surface area contributed by atoms with E-state index in [9.17, 15) is 8.42 Å². The van der Waals surface area contributed by atoms with E-state index >= 15 is 0 Å². The van der Waals surface area contributed by atoms with Crippen molar-refractivity contribution in [2.24, 2.45) is 5.92 Å². The molecular formula is C16H23N3O2S. The molecular weight excluding hydrogens is 298 g/mol. The lowest BCUT2D eigenvalue weighted by molar-refractivity contribution is 0.210. The zero-order chi connectivity index (χ0) is 15.2. The largest absolute Gasteiger partial charge is 0.315 e. The molecule has 2 bridgehead atoms. The number of nitrogens with one attached hydrogen (secondary N) is 1. The highest BCUT2D eigenvalue weighted by Crippen LogP contribution is 2.30. The molecule has 0 saturated carbocycles. The molecule has 0 spiro atoms. The zero-order valence-corrected chi connectivity index (χ0v) is 13.6. The van der Waals surface area contributed by atoms with Crippen LogP contribution in [0.1, 0.15) is 24.0 Å². The monoisotopic (exact) mass is 321 g/mol. The molecule has 5 rings (SSSR count). The molecule has 2 atom stereocenters. The van der Waals surface area contributed by atoms with E-state index in [0.29, 0.717) is 25.6 Å². The van der Waals surface area contributed by atoms with Crippen molar-refractivity contribution in [2.45, 2.75) is 31.8 Å². The van der Waals surface area contributed by atoms with Crippen LogP contribution in [-0.2, 0) is 23.2 Å². The molecule has 4 aliphatic heterocycles. The minimum Gasteiger partial charge on any atom is -0.315 e. The smallest absolute Gasteiger partial charge is 0.282 e. The number of hydrogen-bond donors (Lipinski definition) is 1. The van der Waals surface area contributed by atoms with Gasteiger partial charge in [-0.25, -0.2) is 0 Å². The normalized spacial score (nSPS) is 30.0. The van der Waals surface area contributed by atoms with E-state index in [-0.39, 0.29) is 6.04 Å². The first-order valence-electron chi connectivity index (χ1n) is 8.19. The van der Waals surface area contributed by atoms with Crippen LogP contribution in [-0.4, -0.2) is 49.2 Å². The second-order valence-corrected chi connectivity index (χ2v) is 8.57. The Morgan fingerprint density at radius 1 is 1.09 bits per heavy atom. The van der Waals surface area contributed by atoms with E-state index in [0.717, 1.165) is 37.9 Å². The molecule has 1 aromatic carbocycles. The zero-order valence-electron chi connectivity index (χ0n) is 12.7. The predicted octanol–water partition coefficient (Wildman–Crippen LogP) is 0.973. The van der Waals surface area contributed by atoms with Crippen LogP contribution in [0.25, 0.3) is 0 Å². The number of fused-ring (bicyclic) bond motifs is 5. The van der Waals surface area contributed by atoms with E-state index in [1.807, 2.05) is 18.2 Å². The molecule has 1 N–H and O–H groups in total. The summed E-state index contributed by atoms with van der Waals surface area (Å²) in [4.78, 5) is 0. The minimum atomic E-state index is -3.36. The summed E-state index contributed by atoms with van der Waals surface area (Å²) >= 11 is 0. The van der Waals surface area contributed by atoms with Gasteiger partial charge in [-0.2, -0.15) is 17.0 Å². The van der Waals surface area contributed by atoms with Gasteiger partial charge in [-0.05, 0) is 42.9 Å². The van der Waals surface area contributed by atoms with Crippen LogP contribution in [0.3, 0.4) is 0 Å². The van der Waals surface area contributed by atoms with E-state index in [1.165, 1.54) is 5.56 Å². The lowest BCUT2D eigenvalue weighted by atomic mass is 9.97. The van der Waals surface area contributed by atoms with Gasteiger partial charge in [0.15, 0.2) is 0 Å². The summed E-state index contributed by atoms with van der Waals surface area (Å²) in [5, 5.41) is 3.41. The van der Waals surface area contributed by atoms with Crippen LogP contribution in [0.4, 0.5) is 0 Å². The lowest BCUT2D eigenvalue weighted by Gasteiger charge is -2.39. The average molecular weight is 321 g/mol. The summed E-state index contributed by atoms with van der Waals surface area (Å²) in [6, 6.07) is 8.31. The molecule has 0 amide bonds. The summed E-state index contributed by atoms with van der Waals surface area (Å²) in [5.74, 6) is 0.464. The molecule has 0 aliphatic carbocycles. The summed E-state index contributed by atoms with van der Waals surface area (Å²) in [7, 11) is -3.36. The summed E-state index contributed by atoms with van der Waals surface area (Å²) in [6.45, 7) is 3.53. The number of benzene rings is 1. The molecule has 5 nitrogen and oxygen atoms in total. The van der Waals surface area contributed by atoms with Gasteiger partial charge in [0, 0.05) is 32.2 Å². The number of rotatable bonds is 2. The molecule has 120 valence electrons. The Hall–Kier alpha value is -0.950. The first kappa shape index (κ1) is 14.6. The molecule has 1 aromatic rings. The predicted molar refractivity (Wildman–Crippen MR) is 85.6 cm³/mol. The highest BCUT2D eigenvalue weighted by atomic mass is 32.2. The highest BCUT2D eigenvalue weighted by Gasteiger charge is 2.41. The molecule has 6 heteroatoms. The second kappa shape index (κ2) is 5.60. The van der Waals surface area contributed by atoms with Crippen molar-refractivity contribution in [3.63, 3.8) is 0 Å². The first-order valence-corrected chi connectivity index (χ1v) is 9.59. The van der Waals surface area contributed by atoms with Crippen molar-refractivity contribution in [3.05, 3.63) is 35.4 Å². The maximum Gasteiger partial charge on any atom is 0.282 e. The summed E-state index contributed by atoms with van der Waals surface area (Å²) in [5.41, 5.74) is 2.43. The maximum atomic E-state index is 13.1. The SMILES string of the molecule is O=S(=O)(N1CCc2ccccc2C1)N1C[C@@H]2CC[C@H]1CNC2. The van der Waals surface area contributed by atoms with Gasteiger partial charge in [-0.1, -0.05) is 24.3 Å². The van der Waals surface area contributed by atoms with Crippen LogP contribution in [0.5, 0.6) is 0 Å². The van der Waals surface area contributed by atoms with Gasteiger partial charge < -0.3 is 5.32 Å². The molecule has 4 heterocycles. The topological polar surface area (TPSA) is 52.7 Å². The minimum absolute atomic E-state index is 0.126. The Kier molecular flexibility index (Phi) is 3.72. The molecule has 0 radical (unpaired) electrons. The molecule has 0 unspecified atom stereocenters. The van der Waals surface area contributed by atoms with Gasteiger partial charge >= 0.3 is 0 Å². The van der Waals surface area contributed by atoms with Crippen molar-refractivity contribution < 1.29 is 8.42 Å². The third-order valence-corrected chi connectivity index (χ3v) is 7.29. The van der Waals surface area contributed by atoms with E-state index in [2.05, 4.69) is 11.4 Å². The number of hydrogen-bond acceptors (Lipinski definition) is 3. The fourth-order valence-electron chi connectivity index (χ4n) is 3.99. The van der Waals surface area contributed by atoms with Crippen LogP contribution < -0.4 is 5.32 Å². The van der Waals surface area contributed by atoms with Crippen LogP contribution in [0.15, 0.2) is 24.3 Å². The van der Waals surface area contributed by atoms with Crippen LogP contribution in [0.2, 0.25) is 0 Å². The Morgan fingerprint density at radius 2 is 1.91 bits per heavy atom. The summed E-state index contributed by atoms with van der Waals surface area (Å²) in [6.07, 6.45) is 2.95. The quantitative estimate of drug-likeness (QED) is 0.883. The van der Waals surface area contributed by atoms with Gasteiger partial charge in [0.25, 0.3) is 10.2 Å². The van der Waals surface area contributed by atoms with Gasteiger partial charge in [0.2, 0.25) is 0 Å². The Bertz CT molecular complexity index is 657. The molecule has 0 aromatic heterocycles. The van der Waals surface area contributed by atoms with Crippen molar-refractivity contribution in [3.8, 4) is 0 Å². The fourth-order valence-corrected chi connectivity index (χ4v) is 5.87. The second-order valence-electron chi connectivity index (χ2n) is 6.69. The molecule has 3 saturated heterocycles. The van der Waals surface area contributed by atoms with Gasteiger partial charge in [-0.15, -0.1) is 0 Å². The Balaban J connectivity index is 1.59. The molecule has 22 heavy (non-hydrogen) atoms. The maximum absolute atomic E-state index is 13.1. The molecule has 3 fully saturated rings. The Morgan fingerprint density at radius 3 is 2.77 bits per heavy atom. The van der Waals surface area contributed by atoms with Crippen molar-refractivity contribution in [1.82, 2.24) is 13.9 Å². The van der Waals surface area contributed by atoms with Crippen LogP contribution >= 0.6 is 0 Å². The van der Waals surface area contributed by atoms with Gasteiger partial charge in [-0.3, -0.25) is 0 Å². The first-order chi connectivity index (χ1) is 10.6. The molecule has 4 aliphatic rings. The van der Waals surface area contributed by atoms with Crippen LogP contribution in [0, 0.1) is 5.92 Å². The summed E-state index contributed by atoms with van der Waals surface area (Å²) < 4.78 is 29.7. The number of nitrogens with zero attached hydrogens (tertiary/aromatic N) is 2. The Labute approximate surface area is 132 Å². The number of piperidine rings is 1. The van der Waals surface area contributed by atoms with E-state index in [1.54, 1.807) is 8.61 Å². The van der Waals surface area contributed by atoms with Crippen molar-refractivity contribution >= 4 is 10.2 Å². The fraction of sp³-hybridized carbons (Fsp3) is 0.625. The van der Waals surface area contributed by atoms with Gasteiger partial charge in [0.05, 0.1) is 0 Å². The highest BCUT2D eigenvalue weighted by molar-refractivity contribution is 7.86. The standard InChI is InChI=1S/C16H23N3O2S/c20-22(21,19-11-13-5-6-16(19)10-17-9-13)18-8-7-14-3-1-2-4-15(14)12-18/h1-4,13,16-17H,5-12H2/t13-,16+/m1/s1. The average Bonchev–Trinajstić information content (AvgIpc) is 2.90. The van der Waals surface area contributed by atoms with Crippen molar-refractivity contribution in [2.75, 3.05) is 26.2 Å². The van der Waals surface area contributed by atoms with E-state index < -0.39 is 10.2 Å². The van der Waals surface area contributed by atoms with Crippen molar-refractivity contribution in [1.29, 1.82) is 0 Å². The van der Waals surface area contributed by atoms with Gasteiger partial charge in [0.1, 0.15) is 0 Å². The third kappa shape index (κ3) is 2.48.